The van der Waals surface area contributed by atoms with Gasteiger partial charge in [0, 0.05) is 6.54 Å². The summed E-state index contributed by atoms with van der Waals surface area (Å²) >= 11 is 0. The smallest absolute Gasteiger partial charge is 0.344 e. The maximum absolute atomic E-state index is 11.7. The van der Waals surface area contributed by atoms with Crippen molar-refractivity contribution >= 4 is 11.9 Å². The van der Waals surface area contributed by atoms with Crippen molar-refractivity contribution in [2.24, 2.45) is 0 Å². The number of ether oxygens (including phenoxy) is 2. The van der Waals surface area contributed by atoms with Crippen molar-refractivity contribution in [3.05, 3.63) is 65.7 Å². The number of amides is 1. The fourth-order valence-electron chi connectivity index (χ4n) is 2.23. The lowest BCUT2D eigenvalue weighted by Gasteiger charge is -2.19. The number of rotatable bonds is 7. The zero-order valence-corrected chi connectivity index (χ0v) is 15.5. The molecule has 0 radical (unpaired) electrons. The van der Waals surface area contributed by atoms with Gasteiger partial charge in [0.25, 0.3) is 5.91 Å². The summed E-state index contributed by atoms with van der Waals surface area (Å²) in [6.45, 7) is 6.22. The van der Waals surface area contributed by atoms with E-state index >= 15 is 0 Å². The molecule has 0 spiro atoms. The van der Waals surface area contributed by atoms with Gasteiger partial charge < -0.3 is 14.8 Å². The third-order valence-corrected chi connectivity index (χ3v) is 3.77. The van der Waals surface area contributed by atoms with E-state index in [2.05, 4.69) is 26.1 Å². The average Bonchev–Trinajstić information content (AvgIpc) is 2.63. The lowest BCUT2D eigenvalue weighted by molar-refractivity contribution is -0.150. The van der Waals surface area contributed by atoms with E-state index < -0.39 is 5.97 Å². The van der Waals surface area contributed by atoms with Crippen molar-refractivity contribution in [2.45, 2.75) is 32.7 Å². The Morgan fingerprint density at radius 2 is 1.58 bits per heavy atom. The Morgan fingerprint density at radius 3 is 2.19 bits per heavy atom. The molecule has 2 rings (SSSR count). The lowest BCUT2D eigenvalue weighted by atomic mass is 9.87. The quantitative estimate of drug-likeness (QED) is 0.775. The molecule has 0 aliphatic carbocycles. The van der Waals surface area contributed by atoms with Crippen molar-refractivity contribution < 1.29 is 19.1 Å². The second-order valence-electron chi connectivity index (χ2n) is 6.99. The summed E-state index contributed by atoms with van der Waals surface area (Å²) in [4.78, 5) is 23.4. The minimum Gasteiger partial charge on any atom is -0.482 e. The van der Waals surface area contributed by atoms with Crippen LogP contribution < -0.4 is 10.1 Å². The number of carbonyl (C=O) groups is 2. The van der Waals surface area contributed by atoms with Gasteiger partial charge in [-0.3, -0.25) is 4.79 Å². The van der Waals surface area contributed by atoms with Crippen LogP contribution in [0.2, 0.25) is 0 Å². The Morgan fingerprint density at radius 1 is 0.923 bits per heavy atom. The zero-order chi connectivity index (χ0) is 19.0. The minimum atomic E-state index is -0.584. The van der Waals surface area contributed by atoms with Crippen LogP contribution in [-0.2, 0) is 26.3 Å². The van der Waals surface area contributed by atoms with Crippen LogP contribution in [0.5, 0.6) is 5.75 Å². The van der Waals surface area contributed by atoms with Crippen molar-refractivity contribution in [3.8, 4) is 5.75 Å². The molecule has 2 aromatic carbocycles. The molecule has 0 bridgehead atoms. The summed E-state index contributed by atoms with van der Waals surface area (Å²) in [5.41, 5.74) is 2.22. The molecule has 0 saturated heterocycles. The Balaban J connectivity index is 1.67. The maximum Gasteiger partial charge on any atom is 0.344 e. The molecule has 138 valence electrons. The highest BCUT2D eigenvalue weighted by Crippen LogP contribution is 2.24. The Labute approximate surface area is 154 Å². The largest absolute Gasteiger partial charge is 0.482 e. The molecular weight excluding hydrogens is 330 g/mol. The van der Waals surface area contributed by atoms with Gasteiger partial charge in [-0.25, -0.2) is 4.79 Å². The molecule has 0 aliphatic rings. The summed E-state index contributed by atoms with van der Waals surface area (Å²) in [6, 6.07) is 17.1. The van der Waals surface area contributed by atoms with Crippen LogP contribution in [0.3, 0.4) is 0 Å². The number of nitrogens with one attached hydrogen (secondary N) is 1. The Bertz CT molecular complexity index is 718. The summed E-state index contributed by atoms with van der Waals surface area (Å²) < 4.78 is 10.3. The van der Waals surface area contributed by atoms with Gasteiger partial charge in [-0.2, -0.15) is 0 Å². The van der Waals surface area contributed by atoms with Gasteiger partial charge in [-0.05, 0) is 28.7 Å². The Hall–Kier alpha value is -2.82. The molecule has 0 atom stereocenters. The van der Waals surface area contributed by atoms with Crippen molar-refractivity contribution in [1.29, 1.82) is 0 Å². The first-order chi connectivity index (χ1) is 12.3. The fourth-order valence-corrected chi connectivity index (χ4v) is 2.23. The van der Waals surface area contributed by atoms with Gasteiger partial charge in [0.05, 0.1) is 0 Å². The summed E-state index contributed by atoms with van der Waals surface area (Å²) in [7, 11) is 0. The first kappa shape index (κ1) is 19.5. The molecule has 0 aliphatic heterocycles. The number of esters is 1. The van der Waals surface area contributed by atoms with Gasteiger partial charge in [-0.15, -0.1) is 0 Å². The van der Waals surface area contributed by atoms with Crippen LogP contribution in [0.25, 0.3) is 0 Å². The van der Waals surface area contributed by atoms with E-state index in [0.717, 1.165) is 5.56 Å². The van der Waals surface area contributed by atoms with E-state index in [-0.39, 0.29) is 24.5 Å². The Kier molecular flexibility index (Phi) is 6.78. The molecule has 0 saturated carbocycles. The highest BCUT2D eigenvalue weighted by Gasteiger charge is 2.13. The van der Waals surface area contributed by atoms with E-state index in [1.807, 2.05) is 54.6 Å². The third-order valence-electron chi connectivity index (χ3n) is 3.77. The third kappa shape index (κ3) is 6.59. The molecule has 26 heavy (non-hydrogen) atoms. The average molecular weight is 355 g/mol. The van der Waals surface area contributed by atoms with Crippen molar-refractivity contribution in [3.63, 3.8) is 0 Å². The van der Waals surface area contributed by atoms with Gasteiger partial charge >= 0.3 is 5.97 Å². The topological polar surface area (TPSA) is 64.6 Å². The molecule has 0 aromatic heterocycles. The highest BCUT2D eigenvalue weighted by molar-refractivity contribution is 5.80. The number of carbonyl (C=O) groups excluding carboxylic acids is 2. The molecule has 1 N–H and O–H groups in total. The highest BCUT2D eigenvalue weighted by atomic mass is 16.6. The predicted molar refractivity (Wildman–Crippen MR) is 99.9 cm³/mol. The molecule has 0 unspecified atom stereocenters. The minimum absolute atomic E-state index is 0.0601. The van der Waals surface area contributed by atoms with Crippen LogP contribution in [0.15, 0.2) is 54.6 Å². The van der Waals surface area contributed by atoms with Gasteiger partial charge in [0.2, 0.25) is 0 Å². The second-order valence-corrected chi connectivity index (χ2v) is 6.99. The first-order valence-corrected chi connectivity index (χ1v) is 8.54. The van der Waals surface area contributed by atoms with E-state index in [0.29, 0.717) is 12.3 Å². The normalized spacial score (nSPS) is 10.9. The number of hydrogen-bond acceptors (Lipinski definition) is 4. The molecule has 2 aromatic rings. The standard InChI is InChI=1S/C21H25NO4/c1-21(2,3)17-9-11-18(12-10-17)25-15-20(24)26-14-19(23)22-13-16-7-5-4-6-8-16/h4-12H,13-15H2,1-3H3,(H,22,23). The van der Waals surface area contributed by atoms with Gasteiger partial charge in [0.15, 0.2) is 13.2 Å². The summed E-state index contributed by atoms with van der Waals surface area (Å²) in [5.74, 6) is -0.347. The van der Waals surface area contributed by atoms with E-state index in [1.54, 1.807) is 0 Å². The second kappa shape index (κ2) is 9.04. The van der Waals surface area contributed by atoms with Crippen LogP contribution in [0.1, 0.15) is 31.9 Å². The molecule has 5 heteroatoms. The summed E-state index contributed by atoms with van der Waals surface area (Å²) in [5, 5.41) is 2.69. The lowest BCUT2D eigenvalue weighted by Crippen LogP contribution is -2.29. The number of benzene rings is 2. The van der Waals surface area contributed by atoms with Crippen LogP contribution in [-0.4, -0.2) is 25.1 Å². The van der Waals surface area contributed by atoms with E-state index in [9.17, 15) is 9.59 Å². The first-order valence-electron chi connectivity index (χ1n) is 8.54. The van der Waals surface area contributed by atoms with E-state index in [4.69, 9.17) is 9.47 Å². The van der Waals surface area contributed by atoms with Crippen molar-refractivity contribution in [1.82, 2.24) is 5.32 Å². The monoisotopic (exact) mass is 355 g/mol. The van der Waals surface area contributed by atoms with Gasteiger partial charge in [-0.1, -0.05) is 63.2 Å². The SMILES string of the molecule is CC(C)(C)c1ccc(OCC(=O)OCC(=O)NCc2ccccc2)cc1. The molecule has 5 nitrogen and oxygen atoms in total. The van der Waals surface area contributed by atoms with Crippen LogP contribution >= 0.6 is 0 Å². The fraction of sp³-hybridized carbons (Fsp3) is 0.333. The predicted octanol–water partition coefficient (Wildman–Crippen LogP) is 3.22. The number of hydrogen-bond donors (Lipinski definition) is 1. The molecule has 1 amide bonds. The molecular formula is C21H25NO4. The zero-order valence-electron chi connectivity index (χ0n) is 15.5. The maximum atomic E-state index is 11.7. The van der Waals surface area contributed by atoms with Gasteiger partial charge in [0.1, 0.15) is 5.75 Å². The van der Waals surface area contributed by atoms with E-state index in [1.165, 1.54) is 5.56 Å². The molecule has 0 fully saturated rings. The van der Waals surface area contributed by atoms with Crippen molar-refractivity contribution in [2.75, 3.05) is 13.2 Å². The molecule has 0 heterocycles. The van der Waals surface area contributed by atoms with Crippen LogP contribution in [0.4, 0.5) is 0 Å². The summed E-state index contributed by atoms with van der Waals surface area (Å²) in [6.07, 6.45) is 0. The van der Waals surface area contributed by atoms with Crippen LogP contribution in [0, 0.1) is 0 Å².